The first-order chi connectivity index (χ1) is 24.2. The van der Waals surface area contributed by atoms with Crippen molar-refractivity contribution in [3.63, 3.8) is 0 Å². The number of nitrogens with zero attached hydrogens (tertiary/aromatic N) is 2. The molecule has 2 saturated carbocycles. The molecule has 1 aromatic carbocycles. The lowest BCUT2D eigenvalue weighted by Gasteiger charge is -2.30. The molecule has 0 aromatic heterocycles. The molecule has 2 heterocycles. The van der Waals surface area contributed by atoms with Crippen LogP contribution >= 0.6 is 0 Å². The molecule has 5 atom stereocenters. The summed E-state index contributed by atoms with van der Waals surface area (Å²) in [6.45, 7) is 13.2. The number of allylic oxidation sites excluding steroid dienone is 1. The number of hydrogen-bond donors (Lipinski definition) is 3. The predicted molar refractivity (Wildman–Crippen MR) is 183 cm³/mol. The molecule has 2 aliphatic carbocycles. The van der Waals surface area contributed by atoms with Crippen molar-refractivity contribution in [3.05, 3.63) is 60.0 Å². The molecule has 15 nitrogen and oxygen atoms in total. The van der Waals surface area contributed by atoms with Gasteiger partial charge in [0, 0.05) is 30.9 Å². The van der Waals surface area contributed by atoms with E-state index in [4.69, 9.17) is 9.47 Å². The number of hydrogen-bond acceptors (Lipinski definition) is 10. The molecule has 1 aromatic rings. The van der Waals surface area contributed by atoms with Gasteiger partial charge < -0.3 is 25.0 Å². The smallest absolute Gasteiger partial charge is 0.410 e. The summed E-state index contributed by atoms with van der Waals surface area (Å²) >= 11 is 0. The molecule has 17 heteroatoms. The van der Waals surface area contributed by atoms with Crippen LogP contribution in [0.5, 0.6) is 0 Å². The highest BCUT2D eigenvalue weighted by atomic mass is 32.2. The van der Waals surface area contributed by atoms with Crippen molar-refractivity contribution in [2.75, 3.05) is 6.54 Å². The molecule has 52 heavy (non-hydrogen) atoms. The van der Waals surface area contributed by atoms with Crippen LogP contribution < -0.4 is 15.4 Å². The summed E-state index contributed by atoms with van der Waals surface area (Å²) < 4.78 is 52.7. The molecule has 0 bridgehead atoms. The molecular weight excluding hydrogens is 701 g/mol. The minimum absolute atomic E-state index is 0.0371. The van der Waals surface area contributed by atoms with Gasteiger partial charge in [0.1, 0.15) is 35.1 Å². The van der Waals surface area contributed by atoms with Crippen LogP contribution in [0.25, 0.3) is 0 Å². The van der Waals surface area contributed by atoms with Crippen LogP contribution in [0.3, 0.4) is 0 Å². The maximum Gasteiger partial charge on any atom is 0.410 e. The number of alkyl carbamates (subject to hydrolysis) is 1. The van der Waals surface area contributed by atoms with Gasteiger partial charge in [-0.1, -0.05) is 24.8 Å². The molecule has 2 aliphatic heterocycles. The van der Waals surface area contributed by atoms with Crippen LogP contribution in [0.1, 0.15) is 70.9 Å². The fourth-order valence-corrected chi connectivity index (χ4v) is 7.69. The Kier molecular flexibility index (Phi) is 10.6. The van der Waals surface area contributed by atoms with E-state index in [2.05, 4.69) is 28.5 Å². The molecule has 282 valence electrons. The van der Waals surface area contributed by atoms with Crippen molar-refractivity contribution < 1.29 is 51.0 Å². The number of amides is 5. The van der Waals surface area contributed by atoms with Gasteiger partial charge in [-0.3, -0.25) is 28.8 Å². The highest BCUT2D eigenvalue weighted by molar-refractivity contribution is 7.91. The van der Waals surface area contributed by atoms with Crippen molar-refractivity contribution in [1.29, 1.82) is 0 Å². The van der Waals surface area contributed by atoms with Crippen molar-refractivity contribution in [2.45, 2.75) is 107 Å². The third-order valence-corrected chi connectivity index (χ3v) is 11.2. The van der Waals surface area contributed by atoms with E-state index in [1.165, 1.54) is 30.0 Å². The second-order valence-corrected chi connectivity index (χ2v) is 16.7. The Morgan fingerprint density at radius 1 is 1.13 bits per heavy atom. The minimum Gasteiger partial charge on any atom is -0.444 e. The van der Waals surface area contributed by atoms with Gasteiger partial charge in [-0.2, -0.15) is 0 Å². The molecule has 1 saturated heterocycles. The van der Waals surface area contributed by atoms with Crippen LogP contribution in [0.2, 0.25) is 0 Å². The molecule has 5 amide bonds. The molecule has 0 unspecified atom stereocenters. The first-order valence-corrected chi connectivity index (χ1v) is 18.5. The van der Waals surface area contributed by atoms with E-state index in [9.17, 15) is 41.6 Å². The molecule has 3 N–H and O–H groups in total. The number of carbonyl (C=O) groups excluding carboxylic acids is 6. The van der Waals surface area contributed by atoms with E-state index in [1.54, 1.807) is 26.8 Å². The largest absolute Gasteiger partial charge is 0.444 e. The standard InChI is InChI=1S/C35H44FN5O10S/c1-7-21-15-35(21,31(45)39-52(48,49)23-11-12-23)38-29(43)27-13-22(50-33(47)40-16-20-9-8-10-25(36)24(20)18-40)17-41(27)30(44)26(14-28(42)19(2)3)37-32(46)51-34(4,5)6/h7-10,21-23,26-27H,1-2,11-18H2,3-6H3,(H,37,46)(H,38,43)(H,39,45)/t21-,22-,26+,27+,35-/m1/s1. The Hall–Kier alpha value is -4.80. The fraction of sp³-hybridized carbons (Fsp3) is 0.543. The third kappa shape index (κ3) is 8.45. The van der Waals surface area contributed by atoms with E-state index in [-0.39, 0.29) is 38.0 Å². The quantitative estimate of drug-likeness (QED) is 0.211. The Bertz CT molecular complexity index is 1820. The van der Waals surface area contributed by atoms with Crippen LogP contribution in [0.15, 0.2) is 43.0 Å². The van der Waals surface area contributed by atoms with Gasteiger partial charge in [-0.05, 0) is 64.2 Å². The first-order valence-electron chi connectivity index (χ1n) is 17.0. The first kappa shape index (κ1) is 38.4. The van der Waals surface area contributed by atoms with Gasteiger partial charge in [-0.25, -0.2) is 22.4 Å². The summed E-state index contributed by atoms with van der Waals surface area (Å²) in [4.78, 5) is 82.9. The molecule has 0 spiro atoms. The summed E-state index contributed by atoms with van der Waals surface area (Å²) in [6.07, 6.45) is -1.48. The highest BCUT2D eigenvalue weighted by Gasteiger charge is 2.62. The maximum atomic E-state index is 14.4. The minimum atomic E-state index is -3.97. The number of carbonyl (C=O) groups is 6. The average molecular weight is 746 g/mol. The van der Waals surface area contributed by atoms with Gasteiger partial charge in [0.2, 0.25) is 21.8 Å². The number of ketones is 1. The Morgan fingerprint density at radius 2 is 1.83 bits per heavy atom. The summed E-state index contributed by atoms with van der Waals surface area (Å²) in [5, 5.41) is 4.33. The maximum absolute atomic E-state index is 14.4. The van der Waals surface area contributed by atoms with Crippen molar-refractivity contribution in [1.82, 2.24) is 25.2 Å². The lowest BCUT2D eigenvalue weighted by Crippen LogP contribution is -2.58. The zero-order chi connectivity index (χ0) is 38.3. The highest BCUT2D eigenvalue weighted by Crippen LogP contribution is 2.45. The average Bonchev–Trinajstić information content (AvgIpc) is 3.94. The van der Waals surface area contributed by atoms with Gasteiger partial charge in [-0.15, -0.1) is 6.58 Å². The lowest BCUT2D eigenvalue weighted by atomic mass is 10.0. The normalized spacial score (nSPS) is 24.2. The number of rotatable bonds is 12. The lowest BCUT2D eigenvalue weighted by molar-refractivity contribution is -0.141. The van der Waals surface area contributed by atoms with E-state index < -0.39 is 98.4 Å². The number of fused-ring (bicyclic) bond motifs is 1. The van der Waals surface area contributed by atoms with Gasteiger partial charge in [0.25, 0.3) is 5.91 Å². The summed E-state index contributed by atoms with van der Waals surface area (Å²) in [5.41, 5.74) is -1.60. The monoisotopic (exact) mass is 745 g/mol. The number of ether oxygens (including phenoxy) is 2. The Balaban J connectivity index is 1.39. The van der Waals surface area contributed by atoms with E-state index in [0.717, 1.165) is 4.90 Å². The van der Waals surface area contributed by atoms with E-state index in [1.807, 2.05) is 0 Å². The topological polar surface area (TPSA) is 198 Å². The van der Waals surface area contributed by atoms with E-state index >= 15 is 0 Å². The molecule has 0 radical (unpaired) electrons. The second kappa shape index (κ2) is 14.3. The summed E-state index contributed by atoms with van der Waals surface area (Å²) in [5.74, 6) is -4.37. The zero-order valence-electron chi connectivity index (χ0n) is 29.5. The Morgan fingerprint density at radius 3 is 2.40 bits per heavy atom. The molecule has 4 aliphatic rings. The number of Topliss-reactive ketones (excluding diaryl/α,β-unsaturated/α-hetero) is 1. The number of sulfonamides is 1. The van der Waals surface area contributed by atoms with Gasteiger partial charge in [0.15, 0.2) is 5.78 Å². The zero-order valence-corrected chi connectivity index (χ0v) is 30.3. The van der Waals surface area contributed by atoms with Crippen LogP contribution in [0, 0.1) is 11.7 Å². The predicted octanol–water partition coefficient (Wildman–Crippen LogP) is 2.35. The third-order valence-electron chi connectivity index (χ3n) is 9.40. The number of likely N-dealkylation sites (tertiary alicyclic amines) is 1. The van der Waals surface area contributed by atoms with Crippen molar-refractivity contribution >= 4 is 45.7 Å². The van der Waals surface area contributed by atoms with Crippen LogP contribution in [-0.4, -0.2) is 95.0 Å². The number of halogens is 1. The van der Waals surface area contributed by atoms with Crippen LogP contribution in [0.4, 0.5) is 14.0 Å². The molecular formula is C35H44FN5O10S. The molecule has 5 rings (SSSR count). The fourth-order valence-electron chi connectivity index (χ4n) is 6.33. The number of nitrogens with one attached hydrogen (secondary N) is 3. The van der Waals surface area contributed by atoms with Gasteiger partial charge >= 0.3 is 12.2 Å². The number of benzene rings is 1. The summed E-state index contributed by atoms with van der Waals surface area (Å²) in [6, 6.07) is 1.54. The second-order valence-electron chi connectivity index (χ2n) is 14.8. The molecule has 3 fully saturated rings. The SMILES string of the molecule is C=C[C@@H]1C[C@]1(NC(=O)[C@@H]1C[C@@H](OC(=O)N2Cc3cccc(F)c3C2)CN1C(=O)[C@H](CC(=O)C(=C)C)NC(=O)OC(C)(C)C)C(=O)NS(=O)(=O)C1CC1. The van der Waals surface area contributed by atoms with E-state index in [0.29, 0.717) is 24.0 Å². The van der Waals surface area contributed by atoms with Crippen molar-refractivity contribution in [2.24, 2.45) is 5.92 Å². The summed E-state index contributed by atoms with van der Waals surface area (Å²) in [7, 11) is -3.97. The Labute approximate surface area is 301 Å². The van der Waals surface area contributed by atoms with Gasteiger partial charge in [0.05, 0.1) is 18.3 Å². The van der Waals surface area contributed by atoms with Crippen molar-refractivity contribution in [3.8, 4) is 0 Å². The van der Waals surface area contributed by atoms with Crippen LogP contribution in [-0.2, 0) is 51.8 Å².